The van der Waals surface area contributed by atoms with E-state index in [1.807, 2.05) is 24.3 Å². The van der Waals surface area contributed by atoms with Crippen LogP contribution in [0, 0.1) is 5.92 Å². The van der Waals surface area contributed by atoms with Crippen LogP contribution in [0.3, 0.4) is 0 Å². The first-order valence-electron chi connectivity index (χ1n) is 10.5. The summed E-state index contributed by atoms with van der Waals surface area (Å²) in [5.41, 5.74) is 1.45. The summed E-state index contributed by atoms with van der Waals surface area (Å²) in [4.78, 5) is 12.5. The number of benzene rings is 2. The van der Waals surface area contributed by atoms with E-state index in [2.05, 4.69) is 31.4 Å². The summed E-state index contributed by atoms with van der Waals surface area (Å²) in [6.45, 7) is 7.96. The third-order valence-electron chi connectivity index (χ3n) is 4.34. The highest BCUT2D eigenvalue weighted by Crippen LogP contribution is 2.28. The SMILES string of the molecule is CCCCOc1ccc(CNC(=S)NC(=O)c2cccc(OCC(C)C)c2)cc1OC. The van der Waals surface area contributed by atoms with Crippen molar-refractivity contribution >= 4 is 23.2 Å². The fourth-order valence-corrected chi connectivity index (χ4v) is 2.82. The van der Waals surface area contributed by atoms with Crippen molar-refractivity contribution in [1.82, 2.24) is 10.6 Å². The zero-order chi connectivity index (χ0) is 22.6. The summed E-state index contributed by atoms with van der Waals surface area (Å²) < 4.78 is 16.9. The molecule has 0 atom stereocenters. The lowest BCUT2D eigenvalue weighted by Crippen LogP contribution is -2.38. The molecule has 0 aromatic heterocycles. The molecule has 0 aliphatic heterocycles. The fourth-order valence-electron chi connectivity index (χ4n) is 2.66. The van der Waals surface area contributed by atoms with Crippen molar-refractivity contribution in [2.24, 2.45) is 5.92 Å². The Morgan fingerprint density at radius 1 is 1.10 bits per heavy atom. The van der Waals surface area contributed by atoms with Gasteiger partial charge in [0.1, 0.15) is 5.75 Å². The summed E-state index contributed by atoms with van der Waals surface area (Å²) in [6.07, 6.45) is 2.07. The number of hydrogen-bond acceptors (Lipinski definition) is 5. The maximum absolute atomic E-state index is 12.5. The molecule has 31 heavy (non-hydrogen) atoms. The van der Waals surface area contributed by atoms with Gasteiger partial charge in [0.25, 0.3) is 5.91 Å². The predicted octanol–water partition coefficient (Wildman–Crippen LogP) is 4.71. The molecule has 0 aliphatic rings. The number of nitrogens with one attached hydrogen (secondary N) is 2. The van der Waals surface area contributed by atoms with E-state index >= 15 is 0 Å². The smallest absolute Gasteiger partial charge is 0.257 e. The second-order valence-corrected chi connectivity index (χ2v) is 7.96. The van der Waals surface area contributed by atoms with Gasteiger partial charge in [0.15, 0.2) is 16.6 Å². The van der Waals surface area contributed by atoms with Crippen molar-refractivity contribution in [2.45, 2.75) is 40.2 Å². The van der Waals surface area contributed by atoms with Crippen molar-refractivity contribution in [3.8, 4) is 17.2 Å². The van der Waals surface area contributed by atoms with Gasteiger partial charge >= 0.3 is 0 Å². The quantitative estimate of drug-likeness (QED) is 0.386. The van der Waals surface area contributed by atoms with E-state index < -0.39 is 0 Å². The van der Waals surface area contributed by atoms with Gasteiger partial charge < -0.3 is 19.5 Å². The van der Waals surface area contributed by atoms with E-state index in [1.54, 1.807) is 25.3 Å². The van der Waals surface area contributed by atoms with Crippen molar-refractivity contribution in [2.75, 3.05) is 20.3 Å². The number of amides is 1. The topological polar surface area (TPSA) is 68.8 Å². The summed E-state index contributed by atoms with van der Waals surface area (Å²) in [6, 6.07) is 12.8. The highest BCUT2D eigenvalue weighted by molar-refractivity contribution is 7.80. The van der Waals surface area contributed by atoms with Crippen molar-refractivity contribution < 1.29 is 19.0 Å². The predicted molar refractivity (Wildman–Crippen MR) is 127 cm³/mol. The van der Waals surface area contributed by atoms with E-state index in [1.165, 1.54) is 0 Å². The third kappa shape index (κ3) is 8.45. The van der Waals surface area contributed by atoms with Gasteiger partial charge in [-0.1, -0.05) is 39.3 Å². The Kier molecular flexibility index (Phi) is 10.1. The van der Waals surface area contributed by atoms with Crippen LogP contribution in [0.15, 0.2) is 42.5 Å². The van der Waals surface area contributed by atoms with Crippen molar-refractivity contribution in [3.63, 3.8) is 0 Å². The van der Waals surface area contributed by atoms with E-state index in [0.717, 1.165) is 24.2 Å². The lowest BCUT2D eigenvalue weighted by molar-refractivity contribution is 0.0976. The van der Waals surface area contributed by atoms with Crippen LogP contribution in [-0.2, 0) is 6.54 Å². The summed E-state index contributed by atoms with van der Waals surface area (Å²) in [5, 5.41) is 6.00. The maximum atomic E-state index is 12.5. The largest absolute Gasteiger partial charge is 0.493 e. The molecule has 0 heterocycles. The Morgan fingerprint density at radius 3 is 2.61 bits per heavy atom. The molecule has 0 bridgehead atoms. The molecule has 6 nitrogen and oxygen atoms in total. The van der Waals surface area contributed by atoms with Crippen LogP contribution in [0.5, 0.6) is 17.2 Å². The summed E-state index contributed by atoms with van der Waals surface area (Å²) in [5.74, 6) is 2.17. The molecule has 7 heteroatoms. The number of methoxy groups -OCH3 is 1. The Balaban J connectivity index is 1.88. The molecule has 2 rings (SSSR count). The molecule has 168 valence electrons. The average Bonchev–Trinajstić information content (AvgIpc) is 2.77. The first kappa shape index (κ1) is 24.5. The first-order chi connectivity index (χ1) is 14.9. The number of ether oxygens (including phenoxy) is 3. The zero-order valence-corrected chi connectivity index (χ0v) is 19.5. The number of carbonyl (C=O) groups excluding carboxylic acids is 1. The molecule has 0 spiro atoms. The highest BCUT2D eigenvalue weighted by Gasteiger charge is 2.10. The summed E-state index contributed by atoms with van der Waals surface area (Å²) >= 11 is 5.28. The minimum atomic E-state index is -0.287. The number of thiocarbonyl (C=S) groups is 1. The van der Waals surface area contributed by atoms with Crippen LogP contribution in [-0.4, -0.2) is 31.3 Å². The van der Waals surface area contributed by atoms with Gasteiger partial charge in [-0.05, 0) is 60.5 Å². The Morgan fingerprint density at radius 2 is 1.90 bits per heavy atom. The van der Waals surface area contributed by atoms with Crippen LogP contribution in [0.25, 0.3) is 0 Å². The van der Waals surface area contributed by atoms with E-state index in [-0.39, 0.29) is 11.0 Å². The van der Waals surface area contributed by atoms with Gasteiger partial charge in [-0.25, -0.2) is 0 Å². The average molecular weight is 445 g/mol. The molecule has 0 unspecified atom stereocenters. The molecule has 0 fully saturated rings. The molecule has 2 aromatic carbocycles. The Labute approximate surface area is 190 Å². The molecule has 0 saturated heterocycles. The second-order valence-electron chi connectivity index (χ2n) is 7.56. The van der Waals surface area contributed by atoms with Crippen LogP contribution < -0.4 is 24.8 Å². The van der Waals surface area contributed by atoms with Crippen LogP contribution in [0.1, 0.15) is 49.5 Å². The normalized spacial score (nSPS) is 10.5. The van der Waals surface area contributed by atoms with E-state index in [9.17, 15) is 4.79 Å². The molecular weight excluding hydrogens is 412 g/mol. The van der Waals surface area contributed by atoms with Gasteiger partial charge in [0, 0.05) is 12.1 Å². The molecule has 2 aromatic rings. The monoisotopic (exact) mass is 444 g/mol. The van der Waals surface area contributed by atoms with Gasteiger partial charge in [0.05, 0.1) is 20.3 Å². The van der Waals surface area contributed by atoms with Crippen molar-refractivity contribution in [3.05, 3.63) is 53.6 Å². The van der Waals surface area contributed by atoms with Gasteiger partial charge in [-0.3, -0.25) is 10.1 Å². The van der Waals surface area contributed by atoms with E-state index in [0.29, 0.717) is 42.7 Å². The number of hydrogen-bond donors (Lipinski definition) is 2. The number of unbranched alkanes of at least 4 members (excludes halogenated alkanes) is 1. The lowest BCUT2D eigenvalue weighted by atomic mass is 10.2. The first-order valence-corrected chi connectivity index (χ1v) is 11.0. The Bertz CT molecular complexity index is 870. The van der Waals surface area contributed by atoms with Crippen molar-refractivity contribution in [1.29, 1.82) is 0 Å². The van der Waals surface area contributed by atoms with Gasteiger partial charge in [-0.2, -0.15) is 0 Å². The Hall–Kier alpha value is -2.80. The highest BCUT2D eigenvalue weighted by atomic mass is 32.1. The zero-order valence-electron chi connectivity index (χ0n) is 18.7. The van der Waals surface area contributed by atoms with Crippen LogP contribution >= 0.6 is 12.2 Å². The van der Waals surface area contributed by atoms with E-state index in [4.69, 9.17) is 26.4 Å². The molecule has 0 saturated carbocycles. The molecule has 2 N–H and O–H groups in total. The lowest BCUT2D eigenvalue weighted by Gasteiger charge is -2.14. The van der Waals surface area contributed by atoms with Crippen LogP contribution in [0.2, 0.25) is 0 Å². The van der Waals surface area contributed by atoms with Crippen LogP contribution in [0.4, 0.5) is 0 Å². The molecular formula is C24H32N2O4S. The minimum Gasteiger partial charge on any atom is -0.493 e. The third-order valence-corrected chi connectivity index (χ3v) is 4.59. The van der Waals surface area contributed by atoms with Gasteiger partial charge in [0.2, 0.25) is 0 Å². The maximum Gasteiger partial charge on any atom is 0.257 e. The second kappa shape index (κ2) is 12.8. The summed E-state index contributed by atoms with van der Waals surface area (Å²) in [7, 11) is 1.61. The fraction of sp³-hybridized carbons (Fsp3) is 0.417. The molecule has 1 amide bonds. The van der Waals surface area contributed by atoms with Gasteiger partial charge in [-0.15, -0.1) is 0 Å². The number of rotatable bonds is 11. The minimum absolute atomic E-state index is 0.251. The number of carbonyl (C=O) groups is 1. The standard InChI is InChI=1S/C24H32N2O4S/c1-5-6-12-29-21-11-10-18(13-22(21)28-4)15-25-24(31)26-23(27)19-8-7-9-20(14-19)30-16-17(2)3/h7-11,13-14,17H,5-6,12,15-16H2,1-4H3,(H2,25,26,27,31). The molecule has 0 radical (unpaired) electrons. The molecule has 0 aliphatic carbocycles.